The molecule has 0 aromatic rings. The third-order valence-electron chi connectivity index (χ3n) is 4.35. The van der Waals surface area contributed by atoms with Crippen molar-refractivity contribution in [3.8, 4) is 0 Å². The van der Waals surface area contributed by atoms with Crippen LogP contribution in [0.5, 0.6) is 0 Å². The summed E-state index contributed by atoms with van der Waals surface area (Å²) < 4.78 is 0. The van der Waals surface area contributed by atoms with E-state index in [1.165, 1.54) is 32.1 Å². The van der Waals surface area contributed by atoms with Gasteiger partial charge in [0.15, 0.2) is 0 Å². The van der Waals surface area contributed by atoms with Gasteiger partial charge in [0, 0.05) is 6.42 Å². The highest BCUT2D eigenvalue weighted by Crippen LogP contribution is 2.14. The molecule has 22 heavy (non-hydrogen) atoms. The topological polar surface area (TPSA) is 75.3 Å². The number of unbranched alkanes of at least 4 members (excludes halogenated alkanes) is 5. The van der Waals surface area contributed by atoms with Crippen LogP contribution < -0.4 is 10.6 Å². The second kappa shape index (κ2) is 10.4. The van der Waals surface area contributed by atoms with Crippen LogP contribution in [-0.2, 0) is 14.4 Å². The fourth-order valence-corrected chi connectivity index (χ4v) is 2.63. The van der Waals surface area contributed by atoms with Gasteiger partial charge < -0.3 is 5.32 Å². The maximum Gasteiger partial charge on any atom is 0.249 e. The van der Waals surface area contributed by atoms with Crippen LogP contribution in [0.2, 0.25) is 0 Å². The fraction of sp³-hybridized carbons (Fsp3) is 0.824. The van der Waals surface area contributed by atoms with Crippen molar-refractivity contribution < 1.29 is 14.4 Å². The van der Waals surface area contributed by atoms with Gasteiger partial charge >= 0.3 is 0 Å². The minimum Gasteiger partial charge on any atom is -0.344 e. The van der Waals surface area contributed by atoms with Crippen molar-refractivity contribution in [2.75, 3.05) is 0 Å². The monoisotopic (exact) mass is 310 g/mol. The molecule has 2 atom stereocenters. The SMILES string of the molecule is CCC(C)CCCCCCCCC(=O)N[C@@H]1CC(=O)NC1=O. The third kappa shape index (κ3) is 7.57. The molecule has 1 fully saturated rings. The van der Waals surface area contributed by atoms with Crippen LogP contribution in [0, 0.1) is 5.92 Å². The average molecular weight is 310 g/mol. The first kappa shape index (κ1) is 18.7. The first-order valence-corrected chi connectivity index (χ1v) is 8.66. The largest absolute Gasteiger partial charge is 0.344 e. The van der Waals surface area contributed by atoms with Crippen molar-refractivity contribution in [2.45, 2.75) is 84.1 Å². The van der Waals surface area contributed by atoms with Crippen molar-refractivity contribution in [1.29, 1.82) is 0 Å². The molecule has 1 aliphatic rings. The Kier molecular flexibility index (Phi) is 8.78. The molecular formula is C17H30N2O3. The number of carbonyl (C=O) groups excluding carboxylic acids is 3. The predicted octanol–water partition coefficient (Wildman–Crippen LogP) is 2.68. The Morgan fingerprint density at radius 3 is 2.41 bits per heavy atom. The lowest BCUT2D eigenvalue weighted by atomic mass is 10.00. The fourth-order valence-electron chi connectivity index (χ4n) is 2.63. The molecule has 0 aromatic heterocycles. The molecule has 2 N–H and O–H groups in total. The first-order valence-electron chi connectivity index (χ1n) is 8.66. The van der Waals surface area contributed by atoms with Crippen molar-refractivity contribution in [1.82, 2.24) is 10.6 Å². The van der Waals surface area contributed by atoms with Gasteiger partial charge in [0.05, 0.1) is 6.42 Å². The van der Waals surface area contributed by atoms with Gasteiger partial charge in [-0.15, -0.1) is 0 Å². The number of amides is 3. The lowest BCUT2D eigenvalue weighted by Crippen LogP contribution is -2.40. The molecule has 1 saturated heterocycles. The van der Waals surface area contributed by atoms with E-state index in [4.69, 9.17) is 0 Å². The summed E-state index contributed by atoms with van der Waals surface area (Å²) in [5.41, 5.74) is 0. The smallest absolute Gasteiger partial charge is 0.249 e. The zero-order chi connectivity index (χ0) is 16.4. The Bertz CT molecular complexity index is 382. The average Bonchev–Trinajstić information content (AvgIpc) is 2.79. The second-order valence-corrected chi connectivity index (χ2v) is 6.41. The molecular weight excluding hydrogens is 280 g/mol. The zero-order valence-corrected chi connectivity index (χ0v) is 14.0. The minimum absolute atomic E-state index is 0.0702. The molecule has 1 aliphatic heterocycles. The van der Waals surface area contributed by atoms with E-state index in [1.54, 1.807) is 0 Å². The van der Waals surface area contributed by atoms with E-state index in [-0.39, 0.29) is 24.1 Å². The molecule has 1 heterocycles. The van der Waals surface area contributed by atoms with Crippen LogP contribution in [-0.4, -0.2) is 23.8 Å². The summed E-state index contributed by atoms with van der Waals surface area (Å²) in [6.07, 6.45) is 9.97. The van der Waals surface area contributed by atoms with Gasteiger partial charge in [-0.1, -0.05) is 58.8 Å². The normalized spacial score (nSPS) is 19.1. The molecule has 3 amide bonds. The van der Waals surface area contributed by atoms with Crippen LogP contribution in [0.15, 0.2) is 0 Å². The second-order valence-electron chi connectivity index (χ2n) is 6.41. The first-order chi connectivity index (χ1) is 10.5. The Balaban J connectivity index is 1.95. The third-order valence-corrected chi connectivity index (χ3v) is 4.35. The molecule has 0 spiro atoms. The van der Waals surface area contributed by atoms with Gasteiger partial charge in [-0.25, -0.2) is 0 Å². The van der Waals surface area contributed by atoms with Crippen molar-refractivity contribution in [3.05, 3.63) is 0 Å². The van der Waals surface area contributed by atoms with Gasteiger partial charge in [0.2, 0.25) is 17.7 Å². The Hall–Kier alpha value is -1.39. The molecule has 0 radical (unpaired) electrons. The van der Waals surface area contributed by atoms with E-state index in [0.29, 0.717) is 6.42 Å². The summed E-state index contributed by atoms with van der Waals surface area (Å²) in [5.74, 6) is 0.00216. The van der Waals surface area contributed by atoms with Crippen LogP contribution >= 0.6 is 0 Å². The Morgan fingerprint density at radius 2 is 1.82 bits per heavy atom. The van der Waals surface area contributed by atoms with Gasteiger partial charge in [-0.2, -0.15) is 0 Å². The molecule has 1 rings (SSSR count). The van der Waals surface area contributed by atoms with Gasteiger partial charge in [0.25, 0.3) is 0 Å². The van der Waals surface area contributed by atoms with E-state index in [0.717, 1.165) is 25.2 Å². The number of imide groups is 1. The highest BCUT2D eigenvalue weighted by molar-refractivity contribution is 6.06. The van der Waals surface area contributed by atoms with E-state index in [9.17, 15) is 14.4 Å². The highest BCUT2D eigenvalue weighted by Gasteiger charge is 2.31. The molecule has 1 unspecified atom stereocenters. The maximum absolute atomic E-state index is 11.7. The number of nitrogens with one attached hydrogen (secondary N) is 2. The number of hydrogen-bond acceptors (Lipinski definition) is 3. The summed E-state index contributed by atoms with van der Waals surface area (Å²) in [6, 6.07) is -0.666. The van der Waals surface area contributed by atoms with Crippen LogP contribution in [0.4, 0.5) is 0 Å². The van der Waals surface area contributed by atoms with Crippen LogP contribution in [0.1, 0.15) is 78.1 Å². The summed E-state index contributed by atoms with van der Waals surface area (Å²) in [6.45, 7) is 4.54. The van der Waals surface area contributed by atoms with Crippen molar-refractivity contribution >= 4 is 17.7 Å². The van der Waals surface area contributed by atoms with Crippen LogP contribution in [0.3, 0.4) is 0 Å². The van der Waals surface area contributed by atoms with Gasteiger partial charge in [0.1, 0.15) is 6.04 Å². The molecule has 0 saturated carbocycles. The molecule has 0 aromatic carbocycles. The lowest BCUT2D eigenvalue weighted by molar-refractivity contribution is -0.128. The summed E-state index contributed by atoms with van der Waals surface area (Å²) >= 11 is 0. The summed E-state index contributed by atoms with van der Waals surface area (Å²) in [5, 5.41) is 4.80. The number of hydrogen-bond donors (Lipinski definition) is 2. The summed E-state index contributed by atoms with van der Waals surface area (Å²) in [4.78, 5) is 34.0. The minimum atomic E-state index is -0.666. The standard InChI is InChI=1S/C17H30N2O3/c1-3-13(2)10-8-6-4-5-7-9-11-15(20)18-14-12-16(21)19-17(14)22/h13-14H,3-12H2,1-2H3,(H,18,20)(H,19,21,22)/t13?,14-/m1/s1. The molecule has 5 heteroatoms. The molecule has 126 valence electrons. The number of carbonyl (C=O) groups is 3. The molecule has 5 nitrogen and oxygen atoms in total. The van der Waals surface area contributed by atoms with E-state index in [1.807, 2.05) is 0 Å². The number of rotatable bonds is 11. The van der Waals surface area contributed by atoms with Crippen molar-refractivity contribution in [2.24, 2.45) is 5.92 Å². The van der Waals surface area contributed by atoms with E-state index in [2.05, 4.69) is 24.5 Å². The maximum atomic E-state index is 11.7. The molecule has 0 bridgehead atoms. The predicted molar refractivity (Wildman–Crippen MR) is 86.1 cm³/mol. The van der Waals surface area contributed by atoms with E-state index >= 15 is 0 Å². The van der Waals surface area contributed by atoms with Gasteiger partial charge in [-0.05, 0) is 12.3 Å². The highest BCUT2D eigenvalue weighted by atomic mass is 16.2. The summed E-state index contributed by atoms with van der Waals surface area (Å²) in [7, 11) is 0. The van der Waals surface area contributed by atoms with Crippen molar-refractivity contribution in [3.63, 3.8) is 0 Å². The zero-order valence-electron chi connectivity index (χ0n) is 14.0. The quantitative estimate of drug-likeness (QED) is 0.455. The lowest BCUT2D eigenvalue weighted by Gasteiger charge is -2.09. The Morgan fingerprint density at radius 1 is 1.18 bits per heavy atom. The Labute approximate surface area is 133 Å². The van der Waals surface area contributed by atoms with E-state index < -0.39 is 6.04 Å². The molecule has 0 aliphatic carbocycles. The van der Waals surface area contributed by atoms with Gasteiger partial charge in [-0.3, -0.25) is 19.7 Å². The van der Waals surface area contributed by atoms with Crippen LogP contribution in [0.25, 0.3) is 0 Å².